The molecule has 0 bridgehead atoms. The Kier molecular flexibility index (Phi) is 9.61. The van der Waals surface area contributed by atoms with Crippen LogP contribution in [0.15, 0.2) is 11.6 Å². The second-order valence-corrected chi connectivity index (χ2v) is 9.40. The normalized spacial score (nSPS) is 51.2. The van der Waals surface area contributed by atoms with Crippen LogP contribution in [0.4, 0.5) is 0 Å². The summed E-state index contributed by atoms with van der Waals surface area (Å²) in [4.78, 5) is 0. The van der Waals surface area contributed by atoms with Gasteiger partial charge in [-0.25, -0.2) is 0 Å². The molecule has 1 saturated heterocycles. The van der Waals surface area contributed by atoms with Gasteiger partial charge in [0.2, 0.25) is 0 Å². The van der Waals surface area contributed by atoms with E-state index in [0.717, 1.165) is 0 Å². The van der Waals surface area contributed by atoms with Crippen molar-refractivity contribution in [2.24, 2.45) is 5.92 Å². The molecule has 3 aliphatic rings. The van der Waals surface area contributed by atoms with Crippen LogP contribution in [0.1, 0.15) is 13.3 Å². The number of aliphatic hydroxyl groups excluding tert-OH is 11. The molecule has 2 aliphatic carbocycles. The minimum absolute atomic E-state index is 0.357. The zero-order valence-electron chi connectivity index (χ0n) is 19.1. The molecule has 35 heavy (non-hydrogen) atoms. The molecule has 1 aliphatic heterocycles. The van der Waals surface area contributed by atoms with E-state index in [-0.39, 0.29) is 0 Å². The van der Waals surface area contributed by atoms with Gasteiger partial charge in [0.1, 0.15) is 54.9 Å². The summed E-state index contributed by atoms with van der Waals surface area (Å²) in [7, 11) is 0. The molecule has 204 valence electrons. The third kappa shape index (κ3) is 5.56. The van der Waals surface area contributed by atoms with E-state index in [4.69, 9.17) is 9.47 Å². The molecule has 0 spiro atoms. The highest BCUT2D eigenvalue weighted by molar-refractivity contribution is 5.22. The Morgan fingerprint density at radius 1 is 0.771 bits per heavy atom. The van der Waals surface area contributed by atoms with Crippen LogP contribution in [0.2, 0.25) is 0 Å². The Hall–Kier alpha value is -0.820. The monoisotopic (exact) mass is 511 g/mol. The molecule has 12 N–H and O–H groups in total. The molecular weight excluding hydrogens is 474 g/mol. The molecule has 0 aromatic carbocycles. The van der Waals surface area contributed by atoms with E-state index in [9.17, 15) is 56.2 Å². The molecule has 15 unspecified atom stereocenters. The molecule has 0 amide bonds. The summed E-state index contributed by atoms with van der Waals surface area (Å²) in [6.45, 7) is 0.499. The van der Waals surface area contributed by atoms with Gasteiger partial charge < -0.3 is 71.0 Å². The molecule has 0 radical (unpaired) electrons. The fourth-order valence-corrected chi connectivity index (χ4v) is 4.89. The summed E-state index contributed by atoms with van der Waals surface area (Å²) in [6.07, 6.45) is -17.1. The first kappa shape index (κ1) is 28.7. The van der Waals surface area contributed by atoms with Crippen molar-refractivity contribution in [1.82, 2.24) is 5.32 Å². The van der Waals surface area contributed by atoms with E-state index >= 15 is 0 Å². The molecular formula is C21H37NO13. The van der Waals surface area contributed by atoms with Gasteiger partial charge in [0.05, 0.1) is 37.5 Å². The quantitative estimate of drug-likeness (QED) is 0.142. The van der Waals surface area contributed by atoms with Crippen LogP contribution >= 0.6 is 0 Å². The standard InChI is InChI=1S/C21H37NO13/c1-2-6-3-8(14(27)17(30)11(6)24)22-10-12(25)7(13(26)18(31)16(10)29)5-34-21-20(33)19(32)15(28)9(4-23)35-21/h3,7-33H,2,4-5H2,1H3. The second kappa shape index (κ2) is 11.7. The lowest BCUT2D eigenvalue weighted by molar-refractivity contribution is -0.308. The molecule has 2 fully saturated rings. The smallest absolute Gasteiger partial charge is 0.186 e. The van der Waals surface area contributed by atoms with E-state index < -0.39 is 105 Å². The van der Waals surface area contributed by atoms with Crippen LogP contribution in [0.5, 0.6) is 0 Å². The highest BCUT2D eigenvalue weighted by Gasteiger charge is 2.51. The summed E-state index contributed by atoms with van der Waals surface area (Å²) in [6, 6.07) is -2.35. The molecule has 1 heterocycles. The van der Waals surface area contributed by atoms with Gasteiger partial charge in [0.15, 0.2) is 6.29 Å². The largest absolute Gasteiger partial charge is 0.394 e. The van der Waals surface area contributed by atoms with Gasteiger partial charge in [-0.1, -0.05) is 13.0 Å². The summed E-state index contributed by atoms with van der Waals surface area (Å²) >= 11 is 0. The lowest BCUT2D eigenvalue weighted by Gasteiger charge is -2.47. The molecule has 15 atom stereocenters. The van der Waals surface area contributed by atoms with Crippen molar-refractivity contribution in [2.45, 2.75) is 98.9 Å². The molecule has 1 saturated carbocycles. The lowest BCUT2D eigenvalue weighted by atomic mass is 9.76. The van der Waals surface area contributed by atoms with Gasteiger partial charge in [0.25, 0.3) is 0 Å². The fraction of sp³-hybridized carbons (Fsp3) is 0.905. The number of rotatable bonds is 7. The number of aliphatic hydroxyl groups is 11. The maximum absolute atomic E-state index is 10.9. The number of nitrogens with one attached hydrogen (secondary N) is 1. The first-order valence-electron chi connectivity index (χ1n) is 11.6. The van der Waals surface area contributed by atoms with Gasteiger partial charge in [-0.3, -0.25) is 0 Å². The lowest BCUT2D eigenvalue weighted by Crippen LogP contribution is -2.69. The van der Waals surface area contributed by atoms with Gasteiger partial charge in [-0.15, -0.1) is 0 Å². The number of hydrogen-bond acceptors (Lipinski definition) is 14. The SMILES string of the molecule is CCC1=CC(NC2C(O)C(O)C(O)C(COC3OC(CO)C(O)C(O)C3O)C2O)C(O)C(O)C1O. The summed E-state index contributed by atoms with van der Waals surface area (Å²) in [5, 5.41) is 115. The van der Waals surface area contributed by atoms with Gasteiger partial charge in [-0.2, -0.15) is 0 Å². The fourth-order valence-electron chi connectivity index (χ4n) is 4.89. The summed E-state index contributed by atoms with van der Waals surface area (Å²) in [5.41, 5.74) is 0.420. The molecule has 14 heteroatoms. The third-order valence-electron chi connectivity index (χ3n) is 7.22. The second-order valence-electron chi connectivity index (χ2n) is 9.40. The maximum Gasteiger partial charge on any atom is 0.186 e. The molecule has 3 rings (SSSR count). The third-order valence-corrected chi connectivity index (χ3v) is 7.22. The van der Waals surface area contributed by atoms with Crippen LogP contribution in [-0.2, 0) is 9.47 Å². The summed E-state index contributed by atoms with van der Waals surface area (Å²) in [5.74, 6) is -1.26. The Bertz CT molecular complexity index is 725. The Labute approximate surface area is 201 Å². The van der Waals surface area contributed by atoms with Crippen molar-refractivity contribution in [3.05, 3.63) is 11.6 Å². The zero-order chi connectivity index (χ0) is 26.2. The van der Waals surface area contributed by atoms with Crippen LogP contribution in [0.25, 0.3) is 0 Å². The van der Waals surface area contributed by atoms with E-state index in [1.807, 2.05) is 0 Å². The molecule has 0 aromatic heterocycles. The van der Waals surface area contributed by atoms with E-state index in [1.165, 1.54) is 6.08 Å². The van der Waals surface area contributed by atoms with E-state index in [0.29, 0.717) is 12.0 Å². The van der Waals surface area contributed by atoms with Crippen molar-refractivity contribution in [3.63, 3.8) is 0 Å². The Morgan fingerprint density at radius 2 is 1.40 bits per heavy atom. The van der Waals surface area contributed by atoms with Crippen molar-refractivity contribution < 1.29 is 65.6 Å². The number of ether oxygens (including phenoxy) is 2. The average molecular weight is 512 g/mol. The maximum atomic E-state index is 10.9. The first-order chi connectivity index (χ1) is 16.4. The Morgan fingerprint density at radius 3 is 2.00 bits per heavy atom. The van der Waals surface area contributed by atoms with Gasteiger partial charge >= 0.3 is 0 Å². The van der Waals surface area contributed by atoms with Crippen molar-refractivity contribution >= 4 is 0 Å². The summed E-state index contributed by atoms with van der Waals surface area (Å²) < 4.78 is 10.6. The van der Waals surface area contributed by atoms with Crippen molar-refractivity contribution in [3.8, 4) is 0 Å². The average Bonchev–Trinajstić information content (AvgIpc) is 2.84. The highest BCUT2D eigenvalue weighted by Crippen LogP contribution is 2.31. The molecule has 14 nitrogen and oxygen atoms in total. The minimum atomic E-state index is -1.76. The predicted molar refractivity (Wildman–Crippen MR) is 114 cm³/mol. The van der Waals surface area contributed by atoms with E-state index in [2.05, 4.69) is 5.32 Å². The minimum Gasteiger partial charge on any atom is -0.394 e. The van der Waals surface area contributed by atoms with Crippen LogP contribution in [-0.4, -0.2) is 155 Å². The van der Waals surface area contributed by atoms with Crippen molar-refractivity contribution in [1.29, 1.82) is 0 Å². The van der Waals surface area contributed by atoms with E-state index in [1.54, 1.807) is 6.92 Å². The predicted octanol–water partition coefficient (Wildman–Crippen LogP) is -6.36. The highest BCUT2D eigenvalue weighted by atomic mass is 16.7. The van der Waals surface area contributed by atoms with Crippen LogP contribution < -0.4 is 5.32 Å². The topological polar surface area (TPSA) is 253 Å². The van der Waals surface area contributed by atoms with Crippen LogP contribution in [0.3, 0.4) is 0 Å². The first-order valence-corrected chi connectivity index (χ1v) is 11.6. The zero-order valence-corrected chi connectivity index (χ0v) is 19.1. The molecule has 0 aromatic rings. The van der Waals surface area contributed by atoms with Gasteiger partial charge in [0, 0.05) is 5.92 Å². The van der Waals surface area contributed by atoms with Gasteiger partial charge in [-0.05, 0) is 12.0 Å². The van der Waals surface area contributed by atoms with Crippen LogP contribution in [0, 0.1) is 5.92 Å². The number of hydrogen-bond donors (Lipinski definition) is 12. The Balaban J connectivity index is 1.73. The van der Waals surface area contributed by atoms with Crippen molar-refractivity contribution in [2.75, 3.05) is 13.2 Å².